The van der Waals surface area contributed by atoms with Crippen molar-refractivity contribution in [1.82, 2.24) is 4.98 Å². The normalized spacial score (nSPS) is 10.4. The monoisotopic (exact) mass is 266 g/mol. The molecule has 18 heavy (non-hydrogen) atoms. The molecule has 94 valence electrons. The van der Waals surface area contributed by atoms with Crippen LogP contribution in [-0.2, 0) is 13.2 Å². The van der Waals surface area contributed by atoms with Crippen LogP contribution in [-0.4, -0.2) is 4.98 Å². The molecule has 5 heteroatoms. The minimum absolute atomic E-state index is 0.0905. The van der Waals surface area contributed by atoms with E-state index in [0.29, 0.717) is 18.9 Å². The van der Waals surface area contributed by atoms with Gasteiger partial charge in [-0.3, -0.25) is 4.98 Å². The first-order valence-corrected chi connectivity index (χ1v) is 5.78. The predicted octanol–water partition coefficient (Wildman–Crippen LogP) is 2.91. The second-order valence-electron chi connectivity index (χ2n) is 3.73. The third kappa shape index (κ3) is 3.18. The molecule has 0 amide bonds. The van der Waals surface area contributed by atoms with Gasteiger partial charge in [0.1, 0.15) is 18.2 Å². The summed E-state index contributed by atoms with van der Waals surface area (Å²) < 4.78 is 18.5. The third-order valence-corrected chi connectivity index (χ3v) is 2.69. The Hall–Kier alpha value is -1.65. The average molecular weight is 267 g/mol. The Labute approximate surface area is 109 Å². The number of pyridine rings is 1. The maximum absolute atomic E-state index is 13.0. The molecule has 1 aromatic heterocycles. The molecular weight excluding hydrogens is 255 g/mol. The minimum atomic E-state index is -0.436. The van der Waals surface area contributed by atoms with Crippen molar-refractivity contribution in [2.45, 2.75) is 13.2 Å². The highest BCUT2D eigenvalue weighted by molar-refractivity contribution is 6.30. The van der Waals surface area contributed by atoms with Gasteiger partial charge < -0.3 is 10.5 Å². The summed E-state index contributed by atoms with van der Waals surface area (Å²) in [5.41, 5.74) is 7.04. The molecular formula is C13H12ClFN2O. The van der Waals surface area contributed by atoms with Crippen molar-refractivity contribution in [3.8, 4) is 5.75 Å². The van der Waals surface area contributed by atoms with Crippen molar-refractivity contribution in [1.29, 1.82) is 0 Å². The van der Waals surface area contributed by atoms with Crippen LogP contribution in [0.5, 0.6) is 5.75 Å². The van der Waals surface area contributed by atoms with Gasteiger partial charge in [0.15, 0.2) is 0 Å². The summed E-state index contributed by atoms with van der Waals surface area (Å²) in [4.78, 5) is 4.11. The van der Waals surface area contributed by atoms with Crippen molar-refractivity contribution >= 4 is 11.6 Å². The molecule has 0 aliphatic carbocycles. The zero-order valence-corrected chi connectivity index (χ0v) is 10.3. The van der Waals surface area contributed by atoms with Gasteiger partial charge in [0.25, 0.3) is 0 Å². The van der Waals surface area contributed by atoms with Crippen LogP contribution < -0.4 is 10.5 Å². The lowest BCUT2D eigenvalue weighted by Crippen LogP contribution is -2.00. The fourth-order valence-corrected chi connectivity index (χ4v) is 1.62. The first-order chi connectivity index (χ1) is 8.69. The summed E-state index contributed by atoms with van der Waals surface area (Å²) in [7, 11) is 0. The Balaban J connectivity index is 1.99. The summed E-state index contributed by atoms with van der Waals surface area (Å²) in [6, 6.07) is 8.07. The maximum Gasteiger partial charge on any atom is 0.141 e. The van der Waals surface area contributed by atoms with Crippen LogP contribution >= 0.6 is 11.6 Å². The molecule has 0 saturated heterocycles. The summed E-state index contributed by atoms with van der Waals surface area (Å²) in [5, 5.41) is 0.0905. The van der Waals surface area contributed by atoms with Gasteiger partial charge in [-0.25, -0.2) is 4.39 Å². The molecule has 2 aromatic rings. The second kappa shape index (κ2) is 5.80. The number of ether oxygens (including phenoxy) is 1. The van der Waals surface area contributed by atoms with E-state index in [4.69, 9.17) is 22.1 Å². The van der Waals surface area contributed by atoms with Crippen molar-refractivity contribution in [2.24, 2.45) is 5.73 Å². The Morgan fingerprint density at radius 2 is 2.11 bits per heavy atom. The SMILES string of the molecule is NCc1ccc(OCc2ccc(F)c(Cl)c2)cn1. The average Bonchev–Trinajstić information content (AvgIpc) is 2.41. The van der Waals surface area contributed by atoms with Crippen molar-refractivity contribution in [3.63, 3.8) is 0 Å². The number of hydrogen-bond acceptors (Lipinski definition) is 3. The lowest BCUT2D eigenvalue weighted by Gasteiger charge is -2.07. The van der Waals surface area contributed by atoms with Crippen LogP contribution in [0.3, 0.4) is 0 Å². The van der Waals surface area contributed by atoms with Crippen LogP contribution in [0, 0.1) is 5.82 Å². The second-order valence-corrected chi connectivity index (χ2v) is 4.13. The molecule has 0 saturated carbocycles. The van der Waals surface area contributed by atoms with Gasteiger partial charge in [-0.15, -0.1) is 0 Å². The predicted molar refractivity (Wildman–Crippen MR) is 67.9 cm³/mol. The highest BCUT2D eigenvalue weighted by atomic mass is 35.5. The number of benzene rings is 1. The van der Waals surface area contributed by atoms with E-state index in [1.165, 1.54) is 6.07 Å². The van der Waals surface area contributed by atoms with E-state index >= 15 is 0 Å². The van der Waals surface area contributed by atoms with E-state index in [-0.39, 0.29) is 5.02 Å². The van der Waals surface area contributed by atoms with Crippen molar-refractivity contribution < 1.29 is 9.13 Å². The molecule has 1 heterocycles. The molecule has 0 unspecified atom stereocenters. The molecule has 0 fully saturated rings. The fraction of sp³-hybridized carbons (Fsp3) is 0.154. The molecule has 0 aliphatic heterocycles. The van der Waals surface area contributed by atoms with E-state index in [1.807, 2.05) is 0 Å². The Kier molecular flexibility index (Phi) is 4.12. The van der Waals surface area contributed by atoms with E-state index in [9.17, 15) is 4.39 Å². The standard InChI is InChI=1S/C13H12ClFN2O/c14-12-5-9(1-4-13(12)15)8-18-11-3-2-10(6-16)17-7-11/h1-5,7H,6,8,16H2. The molecule has 0 radical (unpaired) electrons. The van der Waals surface area contributed by atoms with Crippen LogP contribution in [0.4, 0.5) is 4.39 Å². The molecule has 0 bridgehead atoms. The molecule has 2 rings (SSSR count). The van der Waals surface area contributed by atoms with Gasteiger partial charge in [-0.05, 0) is 29.8 Å². The van der Waals surface area contributed by atoms with E-state index in [2.05, 4.69) is 4.98 Å². The lowest BCUT2D eigenvalue weighted by atomic mass is 10.2. The summed E-state index contributed by atoms with van der Waals surface area (Å²) >= 11 is 5.68. The molecule has 0 spiro atoms. The van der Waals surface area contributed by atoms with Gasteiger partial charge >= 0.3 is 0 Å². The molecule has 3 nitrogen and oxygen atoms in total. The quantitative estimate of drug-likeness (QED) is 0.926. The fourth-order valence-electron chi connectivity index (χ4n) is 1.41. The van der Waals surface area contributed by atoms with Crippen LogP contribution in [0.1, 0.15) is 11.3 Å². The summed E-state index contributed by atoms with van der Waals surface area (Å²) in [5.74, 6) is 0.196. The van der Waals surface area contributed by atoms with Gasteiger partial charge in [0, 0.05) is 6.54 Å². The Morgan fingerprint density at radius 1 is 1.28 bits per heavy atom. The van der Waals surface area contributed by atoms with E-state index < -0.39 is 5.82 Å². The molecule has 1 aromatic carbocycles. The third-order valence-electron chi connectivity index (χ3n) is 2.40. The first-order valence-electron chi connectivity index (χ1n) is 5.41. The largest absolute Gasteiger partial charge is 0.487 e. The number of nitrogens with zero attached hydrogens (tertiary/aromatic N) is 1. The summed E-state index contributed by atoms with van der Waals surface area (Å²) in [6.07, 6.45) is 1.60. The number of rotatable bonds is 4. The van der Waals surface area contributed by atoms with Crippen LogP contribution in [0.15, 0.2) is 36.5 Å². The van der Waals surface area contributed by atoms with Gasteiger partial charge in [0.05, 0.1) is 16.9 Å². The molecule has 0 atom stereocenters. The zero-order chi connectivity index (χ0) is 13.0. The van der Waals surface area contributed by atoms with Gasteiger partial charge in [-0.2, -0.15) is 0 Å². The minimum Gasteiger partial charge on any atom is -0.487 e. The van der Waals surface area contributed by atoms with Crippen molar-refractivity contribution in [2.75, 3.05) is 0 Å². The topological polar surface area (TPSA) is 48.1 Å². The number of hydrogen-bond donors (Lipinski definition) is 1. The Bertz CT molecular complexity index is 531. The van der Waals surface area contributed by atoms with E-state index in [0.717, 1.165) is 11.3 Å². The van der Waals surface area contributed by atoms with Crippen molar-refractivity contribution in [3.05, 3.63) is 58.6 Å². The van der Waals surface area contributed by atoms with Gasteiger partial charge in [0.2, 0.25) is 0 Å². The van der Waals surface area contributed by atoms with Crippen LogP contribution in [0.25, 0.3) is 0 Å². The Morgan fingerprint density at radius 3 is 2.72 bits per heavy atom. The van der Waals surface area contributed by atoms with Crippen LogP contribution in [0.2, 0.25) is 5.02 Å². The summed E-state index contributed by atoms with van der Waals surface area (Å²) in [6.45, 7) is 0.706. The highest BCUT2D eigenvalue weighted by Gasteiger charge is 2.02. The smallest absolute Gasteiger partial charge is 0.141 e. The molecule has 0 aliphatic rings. The number of aromatic nitrogens is 1. The van der Waals surface area contributed by atoms with Gasteiger partial charge in [-0.1, -0.05) is 17.7 Å². The zero-order valence-electron chi connectivity index (χ0n) is 9.57. The number of halogens is 2. The molecule has 2 N–H and O–H groups in total. The lowest BCUT2D eigenvalue weighted by molar-refractivity contribution is 0.304. The van der Waals surface area contributed by atoms with E-state index in [1.54, 1.807) is 30.5 Å². The maximum atomic E-state index is 13.0. The highest BCUT2D eigenvalue weighted by Crippen LogP contribution is 2.18. The first kappa shape index (κ1) is 12.8. The number of nitrogens with two attached hydrogens (primary N) is 1.